The summed E-state index contributed by atoms with van der Waals surface area (Å²) in [5.74, 6) is -1.10. The normalized spacial score (nSPS) is 19.7. The van der Waals surface area contributed by atoms with Crippen LogP contribution in [0.5, 0.6) is 0 Å². The lowest BCUT2D eigenvalue weighted by Gasteiger charge is -2.18. The standard InChI is InChI=1S/C16H14BrFN2O3S/c17-11-7-10(3-4-12(11)18)8-13-15(22)20(16(23)24-13)9-14(21)19-5-1-2-6-19/h3-4,7-8H,1-2,5-6,9H2/b13-8-. The van der Waals surface area contributed by atoms with Gasteiger partial charge in [0.05, 0.1) is 9.38 Å². The monoisotopic (exact) mass is 412 g/mol. The molecule has 3 amide bonds. The highest BCUT2D eigenvalue weighted by Crippen LogP contribution is 2.32. The van der Waals surface area contributed by atoms with Crippen LogP contribution in [0.3, 0.4) is 0 Å². The van der Waals surface area contributed by atoms with Gasteiger partial charge in [-0.25, -0.2) is 4.39 Å². The summed E-state index contributed by atoms with van der Waals surface area (Å²) < 4.78 is 13.5. The number of rotatable bonds is 3. The summed E-state index contributed by atoms with van der Waals surface area (Å²) in [6.45, 7) is 1.12. The van der Waals surface area contributed by atoms with Crippen molar-refractivity contribution in [1.82, 2.24) is 9.80 Å². The number of nitrogens with zero attached hydrogens (tertiary/aromatic N) is 2. The van der Waals surface area contributed by atoms with Crippen LogP contribution in [-0.4, -0.2) is 46.5 Å². The van der Waals surface area contributed by atoms with Crippen molar-refractivity contribution >= 4 is 50.8 Å². The van der Waals surface area contributed by atoms with Gasteiger partial charge in [0.1, 0.15) is 12.4 Å². The molecule has 2 aliphatic rings. The molecule has 0 N–H and O–H groups in total. The summed E-state index contributed by atoms with van der Waals surface area (Å²) in [7, 11) is 0. The van der Waals surface area contributed by atoms with E-state index in [9.17, 15) is 18.8 Å². The Labute approximate surface area is 151 Å². The molecule has 2 fully saturated rings. The Morgan fingerprint density at radius 1 is 1.29 bits per heavy atom. The molecule has 2 saturated heterocycles. The van der Waals surface area contributed by atoms with Crippen molar-refractivity contribution in [2.75, 3.05) is 19.6 Å². The third kappa shape index (κ3) is 3.54. The molecule has 3 rings (SSSR count). The quantitative estimate of drug-likeness (QED) is 0.714. The molecule has 24 heavy (non-hydrogen) atoms. The Bertz CT molecular complexity index is 747. The first kappa shape index (κ1) is 17.2. The predicted molar refractivity (Wildman–Crippen MR) is 92.6 cm³/mol. The number of likely N-dealkylation sites (tertiary alicyclic amines) is 1. The van der Waals surface area contributed by atoms with Gasteiger partial charge in [-0.2, -0.15) is 0 Å². The molecule has 0 aromatic heterocycles. The van der Waals surface area contributed by atoms with Crippen molar-refractivity contribution < 1.29 is 18.8 Å². The Morgan fingerprint density at radius 3 is 2.67 bits per heavy atom. The summed E-state index contributed by atoms with van der Waals surface area (Å²) >= 11 is 3.87. The van der Waals surface area contributed by atoms with Gasteiger partial charge in [-0.3, -0.25) is 19.3 Å². The molecule has 0 atom stereocenters. The predicted octanol–water partition coefficient (Wildman–Crippen LogP) is 3.25. The summed E-state index contributed by atoms with van der Waals surface area (Å²) in [6.07, 6.45) is 3.43. The molecule has 2 heterocycles. The van der Waals surface area contributed by atoms with Gasteiger partial charge in [-0.15, -0.1) is 0 Å². The smallest absolute Gasteiger partial charge is 0.294 e. The molecular formula is C16H14BrFN2O3S. The minimum atomic E-state index is -0.488. The number of thioether (sulfide) groups is 1. The lowest BCUT2D eigenvalue weighted by molar-refractivity contribution is -0.135. The number of amides is 3. The Hall–Kier alpha value is -1.67. The van der Waals surface area contributed by atoms with E-state index in [-0.39, 0.29) is 21.8 Å². The van der Waals surface area contributed by atoms with Crippen molar-refractivity contribution in [2.24, 2.45) is 0 Å². The van der Waals surface area contributed by atoms with Gasteiger partial charge in [0, 0.05) is 13.1 Å². The van der Waals surface area contributed by atoms with Crippen LogP contribution >= 0.6 is 27.7 Å². The van der Waals surface area contributed by atoms with E-state index in [1.807, 2.05) is 0 Å². The number of carbonyl (C=O) groups is 3. The van der Waals surface area contributed by atoms with Gasteiger partial charge in [0.2, 0.25) is 5.91 Å². The summed E-state index contributed by atoms with van der Waals surface area (Å²) in [5.41, 5.74) is 0.597. The van der Waals surface area contributed by atoms with Crippen LogP contribution < -0.4 is 0 Å². The van der Waals surface area contributed by atoms with Crippen molar-refractivity contribution in [3.8, 4) is 0 Å². The van der Waals surface area contributed by atoms with Crippen LogP contribution in [0.4, 0.5) is 9.18 Å². The number of hydrogen-bond acceptors (Lipinski definition) is 4. The average Bonchev–Trinajstić information content (AvgIpc) is 3.16. The molecule has 2 aliphatic heterocycles. The van der Waals surface area contributed by atoms with E-state index >= 15 is 0 Å². The van der Waals surface area contributed by atoms with Crippen LogP contribution in [0.2, 0.25) is 0 Å². The van der Waals surface area contributed by atoms with E-state index in [0.29, 0.717) is 18.7 Å². The minimum absolute atomic E-state index is 0.208. The molecule has 1 aromatic carbocycles. The van der Waals surface area contributed by atoms with E-state index < -0.39 is 17.0 Å². The van der Waals surface area contributed by atoms with E-state index in [2.05, 4.69) is 15.9 Å². The van der Waals surface area contributed by atoms with E-state index in [1.54, 1.807) is 4.90 Å². The number of halogens is 2. The fraction of sp³-hybridized carbons (Fsp3) is 0.312. The van der Waals surface area contributed by atoms with Crippen LogP contribution in [0.15, 0.2) is 27.6 Å². The first-order chi connectivity index (χ1) is 11.5. The summed E-state index contributed by atoms with van der Waals surface area (Å²) in [5, 5.41) is -0.458. The zero-order valence-corrected chi connectivity index (χ0v) is 15.0. The van der Waals surface area contributed by atoms with Crippen molar-refractivity contribution in [1.29, 1.82) is 0 Å². The maximum absolute atomic E-state index is 13.3. The highest BCUT2D eigenvalue weighted by molar-refractivity contribution is 9.10. The summed E-state index contributed by atoms with van der Waals surface area (Å²) in [6, 6.07) is 4.32. The molecule has 8 heteroatoms. The third-order valence-electron chi connectivity index (χ3n) is 3.87. The second-order valence-electron chi connectivity index (χ2n) is 5.53. The lowest BCUT2D eigenvalue weighted by Crippen LogP contribution is -2.40. The van der Waals surface area contributed by atoms with Gasteiger partial charge in [-0.1, -0.05) is 6.07 Å². The number of carbonyl (C=O) groups excluding carboxylic acids is 3. The maximum atomic E-state index is 13.3. The van der Waals surface area contributed by atoms with E-state index in [4.69, 9.17) is 0 Å². The molecule has 0 unspecified atom stereocenters. The topological polar surface area (TPSA) is 57.7 Å². The highest BCUT2D eigenvalue weighted by atomic mass is 79.9. The lowest BCUT2D eigenvalue weighted by atomic mass is 10.2. The maximum Gasteiger partial charge on any atom is 0.294 e. The Balaban J connectivity index is 1.74. The molecule has 0 saturated carbocycles. The Kier molecular flexibility index (Phi) is 5.05. The highest BCUT2D eigenvalue weighted by Gasteiger charge is 2.37. The zero-order chi connectivity index (χ0) is 17.3. The second-order valence-corrected chi connectivity index (χ2v) is 7.38. The molecule has 126 valence electrons. The third-order valence-corrected chi connectivity index (χ3v) is 5.38. The fourth-order valence-electron chi connectivity index (χ4n) is 2.59. The van der Waals surface area contributed by atoms with E-state index in [1.165, 1.54) is 24.3 Å². The van der Waals surface area contributed by atoms with Crippen LogP contribution in [0.25, 0.3) is 6.08 Å². The van der Waals surface area contributed by atoms with Gasteiger partial charge in [0.25, 0.3) is 11.1 Å². The largest absolute Gasteiger partial charge is 0.341 e. The molecule has 0 spiro atoms. The molecule has 0 bridgehead atoms. The molecule has 1 aromatic rings. The molecule has 5 nitrogen and oxygen atoms in total. The Morgan fingerprint density at radius 2 is 2.00 bits per heavy atom. The number of imide groups is 1. The van der Waals surface area contributed by atoms with Crippen LogP contribution in [-0.2, 0) is 9.59 Å². The van der Waals surface area contributed by atoms with Crippen molar-refractivity contribution in [3.05, 3.63) is 39.0 Å². The van der Waals surface area contributed by atoms with Gasteiger partial charge >= 0.3 is 0 Å². The van der Waals surface area contributed by atoms with Gasteiger partial charge in [0.15, 0.2) is 0 Å². The minimum Gasteiger partial charge on any atom is -0.341 e. The zero-order valence-electron chi connectivity index (χ0n) is 12.6. The molecular weight excluding hydrogens is 399 g/mol. The van der Waals surface area contributed by atoms with Crippen LogP contribution in [0.1, 0.15) is 18.4 Å². The molecule has 0 radical (unpaired) electrons. The van der Waals surface area contributed by atoms with Gasteiger partial charge in [-0.05, 0) is 64.3 Å². The van der Waals surface area contributed by atoms with Crippen molar-refractivity contribution in [3.63, 3.8) is 0 Å². The summed E-state index contributed by atoms with van der Waals surface area (Å²) in [4.78, 5) is 39.4. The number of hydrogen-bond donors (Lipinski definition) is 0. The van der Waals surface area contributed by atoms with Gasteiger partial charge < -0.3 is 4.90 Å². The average molecular weight is 413 g/mol. The van der Waals surface area contributed by atoms with E-state index in [0.717, 1.165) is 29.5 Å². The first-order valence-corrected chi connectivity index (χ1v) is 9.05. The van der Waals surface area contributed by atoms with Crippen molar-refractivity contribution in [2.45, 2.75) is 12.8 Å². The SMILES string of the molecule is O=C(CN1C(=O)S/C(=C\c2ccc(F)c(Br)c2)C1=O)N1CCCC1. The van der Waals surface area contributed by atoms with Crippen LogP contribution in [0, 0.1) is 5.82 Å². The fourth-order valence-corrected chi connectivity index (χ4v) is 3.83. The second kappa shape index (κ2) is 7.06. The number of benzene rings is 1. The first-order valence-electron chi connectivity index (χ1n) is 7.44. The molecule has 0 aliphatic carbocycles.